The van der Waals surface area contributed by atoms with Crippen molar-refractivity contribution in [2.24, 2.45) is 17.3 Å². The lowest BCUT2D eigenvalue weighted by Gasteiger charge is -2.34. The Kier molecular flexibility index (Phi) is 8.79. The molecule has 1 aromatic heterocycles. The van der Waals surface area contributed by atoms with E-state index in [0.29, 0.717) is 6.42 Å². The second kappa shape index (κ2) is 11.1. The summed E-state index contributed by atoms with van der Waals surface area (Å²) in [5, 5.41) is 21.7. The minimum atomic E-state index is -1.24. The van der Waals surface area contributed by atoms with E-state index in [1.54, 1.807) is 20.8 Å². The molecule has 0 amide bonds. The topological polar surface area (TPSA) is 109 Å². The van der Waals surface area contributed by atoms with Crippen LogP contribution >= 0.6 is 0 Å². The van der Waals surface area contributed by atoms with E-state index in [4.69, 9.17) is 9.47 Å². The summed E-state index contributed by atoms with van der Waals surface area (Å²) in [6, 6.07) is 5.76. The summed E-state index contributed by atoms with van der Waals surface area (Å²) in [4.78, 5) is 30.7. The van der Waals surface area contributed by atoms with Crippen LogP contribution in [0.5, 0.6) is 0 Å². The van der Waals surface area contributed by atoms with E-state index in [2.05, 4.69) is 11.9 Å². The van der Waals surface area contributed by atoms with Crippen LogP contribution in [0.2, 0.25) is 0 Å². The maximum atomic E-state index is 13.2. The molecule has 0 radical (unpaired) electrons. The number of fused-ring (bicyclic) bond motifs is 1. The van der Waals surface area contributed by atoms with Gasteiger partial charge in [0.1, 0.15) is 11.9 Å². The molecule has 7 heteroatoms. The molecule has 0 aliphatic carbocycles. The average molecular weight is 502 g/mol. The van der Waals surface area contributed by atoms with Gasteiger partial charge in [0.25, 0.3) is 0 Å². The first-order valence-electron chi connectivity index (χ1n) is 13.1. The average Bonchev–Trinajstić information content (AvgIpc) is 3.44. The number of epoxide rings is 1. The highest BCUT2D eigenvalue weighted by Gasteiger charge is 2.53. The zero-order chi connectivity index (χ0) is 26.8. The molecule has 2 aliphatic heterocycles. The fourth-order valence-electron chi connectivity index (χ4n) is 5.26. The Bertz CT molecular complexity index is 988. The minimum absolute atomic E-state index is 0.0564. The number of aromatic nitrogens is 1. The van der Waals surface area contributed by atoms with Crippen LogP contribution < -0.4 is 0 Å². The SMILES string of the molecule is C/C(=C\c1cccc(C)n1)[C@@H]1C[C@@H]2O[C@]2(C)CCCC(C)C(O)[C@@H](C)C(=O)C(C)(C)[C@@H](O)CC(=O)O1. The Morgan fingerprint density at radius 2 is 1.86 bits per heavy atom. The summed E-state index contributed by atoms with van der Waals surface area (Å²) >= 11 is 0. The third kappa shape index (κ3) is 6.61. The van der Waals surface area contributed by atoms with Crippen molar-refractivity contribution >= 4 is 17.8 Å². The van der Waals surface area contributed by atoms with Gasteiger partial charge < -0.3 is 19.7 Å². The molecule has 2 saturated heterocycles. The monoisotopic (exact) mass is 501 g/mol. The van der Waals surface area contributed by atoms with Crippen LogP contribution in [0.1, 0.15) is 85.0 Å². The number of nitrogens with zero attached hydrogens (tertiary/aromatic N) is 1. The van der Waals surface area contributed by atoms with Gasteiger partial charge in [-0.25, -0.2) is 0 Å². The van der Waals surface area contributed by atoms with Crippen LogP contribution in [0, 0.1) is 24.2 Å². The number of carbonyl (C=O) groups excluding carboxylic acids is 2. The lowest BCUT2D eigenvalue weighted by atomic mass is 9.73. The van der Waals surface area contributed by atoms with Gasteiger partial charge in [-0.15, -0.1) is 0 Å². The number of aliphatic hydroxyl groups excluding tert-OH is 2. The predicted molar refractivity (Wildman–Crippen MR) is 138 cm³/mol. The molecule has 2 N–H and O–H groups in total. The number of ether oxygens (including phenoxy) is 2. The number of rotatable bonds is 2. The predicted octanol–water partition coefficient (Wildman–Crippen LogP) is 4.42. The first-order valence-corrected chi connectivity index (χ1v) is 13.1. The van der Waals surface area contributed by atoms with Gasteiger partial charge >= 0.3 is 5.97 Å². The molecule has 3 heterocycles. The first-order chi connectivity index (χ1) is 16.7. The third-order valence-corrected chi connectivity index (χ3v) is 8.20. The van der Waals surface area contributed by atoms with Crippen LogP contribution in [0.3, 0.4) is 0 Å². The summed E-state index contributed by atoms with van der Waals surface area (Å²) < 4.78 is 12.0. The van der Waals surface area contributed by atoms with E-state index in [-0.39, 0.29) is 29.8 Å². The Morgan fingerprint density at radius 1 is 1.17 bits per heavy atom. The molecule has 0 saturated carbocycles. The van der Waals surface area contributed by atoms with E-state index in [1.165, 1.54) is 0 Å². The molecule has 1 aromatic rings. The standard InChI is InChI=1S/C29H43NO6/c1-17-10-9-13-29(7)24(36-29)15-22(18(2)14-21-12-8-11-19(3)30-21)35-25(32)16-23(31)28(5,6)27(34)20(4)26(17)33/h8,11-12,14,17,20,22-24,26,31,33H,9-10,13,15-16H2,1-7H3/b18-14+/t17?,20-,22+,23+,24+,26?,29-/m1/s1. The molecule has 2 aliphatic rings. The number of esters is 1. The van der Waals surface area contributed by atoms with Gasteiger partial charge in [-0.3, -0.25) is 14.6 Å². The zero-order valence-electron chi connectivity index (χ0n) is 22.8. The van der Waals surface area contributed by atoms with Crippen molar-refractivity contribution in [2.75, 3.05) is 0 Å². The maximum absolute atomic E-state index is 13.2. The van der Waals surface area contributed by atoms with Crippen LogP contribution in [-0.4, -0.2) is 57.0 Å². The largest absolute Gasteiger partial charge is 0.458 e. The number of ketones is 1. The lowest BCUT2D eigenvalue weighted by molar-refractivity contribution is -0.154. The molecular formula is C29H43NO6. The van der Waals surface area contributed by atoms with Crippen LogP contribution in [0.25, 0.3) is 6.08 Å². The summed E-state index contributed by atoms with van der Waals surface area (Å²) in [6.07, 6.45) is 1.90. The Labute approximate surface area is 215 Å². The highest BCUT2D eigenvalue weighted by Crippen LogP contribution is 2.45. The van der Waals surface area contributed by atoms with E-state index in [9.17, 15) is 19.8 Å². The van der Waals surface area contributed by atoms with Crippen LogP contribution in [0.4, 0.5) is 0 Å². The fraction of sp³-hybridized carbons (Fsp3) is 0.690. The van der Waals surface area contributed by atoms with E-state index in [0.717, 1.165) is 36.2 Å². The normalized spacial score (nSPS) is 36.6. The zero-order valence-corrected chi connectivity index (χ0v) is 22.8. The molecule has 7 nitrogen and oxygen atoms in total. The summed E-state index contributed by atoms with van der Waals surface area (Å²) in [7, 11) is 0. The molecule has 0 aromatic carbocycles. The molecule has 0 spiro atoms. The second-order valence-corrected chi connectivity index (χ2v) is 11.7. The molecule has 3 rings (SSSR count). The number of cyclic esters (lactones) is 1. The first kappa shape index (κ1) is 28.5. The van der Waals surface area contributed by atoms with Gasteiger partial charge in [-0.1, -0.05) is 40.2 Å². The van der Waals surface area contributed by atoms with Crippen molar-refractivity contribution < 1.29 is 29.3 Å². The minimum Gasteiger partial charge on any atom is -0.458 e. The Balaban J connectivity index is 1.87. The van der Waals surface area contributed by atoms with Gasteiger partial charge in [0.05, 0.1) is 41.4 Å². The molecular weight excluding hydrogens is 458 g/mol. The van der Waals surface area contributed by atoms with E-state index < -0.39 is 35.6 Å². The lowest BCUT2D eigenvalue weighted by Crippen LogP contribution is -2.45. The number of carbonyl (C=O) groups is 2. The smallest absolute Gasteiger partial charge is 0.309 e. The molecule has 7 atom stereocenters. The quantitative estimate of drug-likeness (QED) is 0.456. The van der Waals surface area contributed by atoms with Crippen molar-refractivity contribution in [2.45, 2.75) is 111 Å². The molecule has 200 valence electrons. The van der Waals surface area contributed by atoms with Gasteiger partial charge in [-0.2, -0.15) is 0 Å². The molecule has 2 fully saturated rings. The van der Waals surface area contributed by atoms with E-state index in [1.807, 2.05) is 45.0 Å². The Hall–Kier alpha value is -2.09. The van der Waals surface area contributed by atoms with Gasteiger partial charge in [-0.05, 0) is 63.3 Å². The van der Waals surface area contributed by atoms with Gasteiger partial charge in [0.2, 0.25) is 0 Å². The van der Waals surface area contributed by atoms with Crippen LogP contribution in [-0.2, 0) is 19.1 Å². The summed E-state index contributed by atoms with van der Waals surface area (Å²) in [5.41, 5.74) is 1.00. The highest BCUT2D eigenvalue weighted by atomic mass is 16.6. The number of aliphatic hydroxyl groups is 2. The van der Waals surface area contributed by atoms with Crippen LogP contribution in [0.15, 0.2) is 23.8 Å². The number of hydrogen-bond acceptors (Lipinski definition) is 7. The van der Waals surface area contributed by atoms with Gasteiger partial charge in [0, 0.05) is 18.0 Å². The van der Waals surface area contributed by atoms with Gasteiger partial charge in [0.15, 0.2) is 0 Å². The summed E-state index contributed by atoms with van der Waals surface area (Å²) in [6.45, 7) is 12.8. The van der Waals surface area contributed by atoms with Crippen molar-refractivity contribution in [1.82, 2.24) is 4.98 Å². The summed E-state index contributed by atoms with van der Waals surface area (Å²) in [5.74, 6) is -1.57. The fourth-order valence-corrected chi connectivity index (χ4v) is 5.26. The van der Waals surface area contributed by atoms with Crippen molar-refractivity contribution in [3.05, 3.63) is 35.2 Å². The number of aryl methyl sites for hydroxylation is 1. The number of pyridine rings is 1. The molecule has 2 unspecified atom stereocenters. The van der Waals surface area contributed by atoms with Crippen molar-refractivity contribution in [3.8, 4) is 0 Å². The van der Waals surface area contributed by atoms with Crippen molar-refractivity contribution in [1.29, 1.82) is 0 Å². The molecule has 36 heavy (non-hydrogen) atoms. The second-order valence-electron chi connectivity index (χ2n) is 11.7. The van der Waals surface area contributed by atoms with Crippen molar-refractivity contribution in [3.63, 3.8) is 0 Å². The molecule has 0 bridgehead atoms. The third-order valence-electron chi connectivity index (χ3n) is 8.20. The highest BCUT2D eigenvalue weighted by molar-refractivity contribution is 5.88. The number of hydrogen-bond donors (Lipinski definition) is 2. The Morgan fingerprint density at radius 3 is 2.53 bits per heavy atom. The van der Waals surface area contributed by atoms with E-state index >= 15 is 0 Å². The number of Topliss-reactive ketones (excluding diaryl/α,β-unsaturated/α-hetero) is 1. The maximum Gasteiger partial charge on any atom is 0.309 e.